The van der Waals surface area contributed by atoms with Gasteiger partial charge in [0, 0.05) is 13.2 Å². The van der Waals surface area contributed by atoms with E-state index in [0.717, 1.165) is 44.4 Å². The fourth-order valence-corrected chi connectivity index (χ4v) is 2.09. The van der Waals surface area contributed by atoms with Crippen LogP contribution in [0.5, 0.6) is 5.75 Å². The van der Waals surface area contributed by atoms with Gasteiger partial charge in [-0.2, -0.15) is 0 Å². The first kappa shape index (κ1) is 18.0. The fraction of sp³-hybridized carbons (Fsp3) is 0.647. The minimum Gasteiger partial charge on any atom is -0.491 e. The number of aryl methyl sites for hydroxylation is 1. The average molecular weight is 295 g/mol. The van der Waals surface area contributed by atoms with Crippen molar-refractivity contribution in [2.24, 2.45) is 0 Å². The summed E-state index contributed by atoms with van der Waals surface area (Å²) in [6.07, 6.45) is 4.63. The van der Waals surface area contributed by atoms with E-state index in [4.69, 9.17) is 9.84 Å². The van der Waals surface area contributed by atoms with Crippen molar-refractivity contribution in [1.82, 2.24) is 5.32 Å². The van der Waals surface area contributed by atoms with Crippen LogP contribution in [-0.2, 0) is 6.42 Å². The highest BCUT2D eigenvalue weighted by Crippen LogP contribution is 2.13. The Morgan fingerprint density at radius 1 is 1.19 bits per heavy atom. The largest absolute Gasteiger partial charge is 0.491 e. The van der Waals surface area contributed by atoms with Crippen molar-refractivity contribution >= 4 is 0 Å². The van der Waals surface area contributed by atoms with E-state index >= 15 is 0 Å². The van der Waals surface area contributed by atoms with Gasteiger partial charge in [0.2, 0.25) is 0 Å². The molecule has 3 N–H and O–H groups in total. The molecular weight excluding hydrogens is 266 g/mol. The van der Waals surface area contributed by atoms with E-state index in [1.54, 1.807) is 0 Å². The van der Waals surface area contributed by atoms with Crippen LogP contribution in [0.4, 0.5) is 0 Å². The molecule has 4 heteroatoms. The number of hydrogen-bond acceptors (Lipinski definition) is 4. The molecule has 0 saturated carbocycles. The van der Waals surface area contributed by atoms with E-state index in [1.165, 1.54) is 5.56 Å². The van der Waals surface area contributed by atoms with Crippen LogP contribution in [0, 0.1) is 0 Å². The Morgan fingerprint density at radius 3 is 2.76 bits per heavy atom. The Bertz CT molecular complexity index is 371. The van der Waals surface area contributed by atoms with Crippen LogP contribution in [0.3, 0.4) is 0 Å². The molecule has 1 rings (SSSR count). The van der Waals surface area contributed by atoms with Crippen LogP contribution in [0.25, 0.3) is 0 Å². The number of nitrogens with one attached hydrogen (secondary N) is 1. The molecule has 1 atom stereocenters. The van der Waals surface area contributed by atoms with Crippen molar-refractivity contribution in [3.05, 3.63) is 29.8 Å². The summed E-state index contributed by atoms with van der Waals surface area (Å²) >= 11 is 0. The maximum Gasteiger partial charge on any atom is 0.119 e. The highest BCUT2D eigenvalue weighted by atomic mass is 16.5. The summed E-state index contributed by atoms with van der Waals surface area (Å²) < 4.78 is 5.60. The third-order valence-corrected chi connectivity index (χ3v) is 3.39. The normalized spacial score (nSPS) is 12.3. The second kappa shape index (κ2) is 11.5. The number of aliphatic hydroxyl groups excluding tert-OH is 2. The second-order valence-electron chi connectivity index (χ2n) is 5.31. The zero-order chi connectivity index (χ0) is 15.3. The molecule has 0 aromatic heterocycles. The van der Waals surface area contributed by atoms with Gasteiger partial charge in [-0.05, 0) is 43.5 Å². The van der Waals surface area contributed by atoms with Gasteiger partial charge in [0.1, 0.15) is 18.5 Å². The van der Waals surface area contributed by atoms with Crippen molar-refractivity contribution in [2.75, 3.05) is 26.3 Å². The lowest BCUT2D eigenvalue weighted by Crippen LogP contribution is -2.32. The zero-order valence-corrected chi connectivity index (χ0v) is 13.1. The quantitative estimate of drug-likeness (QED) is 0.517. The molecule has 120 valence electrons. The monoisotopic (exact) mass is 295 g/mol. The summed E-state index contributed by atoms with van der Waals surface area (Å²) in [6, 6.07) is 7.98. The van der Waals surface area contributed by atoms with Gasteiger partial charge in [-0.25, -0.2) is 0 Å². The molecule has 0 amide bonds. The molecule has 0 heterocycles. The van der Waals surface area contributed by atoms with Crippen molar-refractivity contribution < 1.29 is 14.9 Å². The van der Waals surface area contributed by atoms with Gasteiger partial charge >= 0.3 is 0 Å². The Kier molecular flexibility index (Phi) is 9.87. The standard InChI is InChI=1S/C17H29NO3/c1-2-15-8-7-9-17(12-15)21-14-16(20)13-18-10-5-3-4-6-11-19/h7-9,12,16,18-20H,2-6,10-11,13-14H2,1H3. The lowest BCUT2D eigenvalue weighted by atomic mass is 10.2. The Morgan fingerprint density at radius 2 is 2.00 bits per heavy atom. The molecule has 0 bridgehead atoms. The molecule has 0 aliphatic heterocycles. The van der Waals surface area contributed by atoms with Crippen LogP contribution in [0.2, 0.25) is 0 Å². The first-order chi connectivity index (χ1) is 10.3. The third-order valence-electron chi connectivity index (χ3n) is 3.39. The molecule has 0 spiro atoms. The Labute approximate surface area is 128 Å². The van der Waals surface area contributed by atoms with E-state index in [9.17, 15) is 5.11 Å². The highest BCUT2D eigenvalue weighted by Gasteiger charge is 2.05. The molecule has 0 aliphatic carbocycles. The Hall–Kier alpha value is -1.10. The number of hydrogen-bond donors (Lipinski definition) is 3. The molecule has 1 unspecified atom stereocenters. The van der Waals surface area contributed by atoms with E-state index in [-0.39, 0.29) is 6.61 Å². The van der Waals surface area contributed by atoms with E-state index < -0.39 is 6.10 Å². The van der Waals surface area contributed by atoms with E-state index in [1.807, 2.05) is 18.2 Å². The zero-order valence-electron chi connectivity index (χ0n) is 13.1. The van der Waals surface area contributed by atoms with Gasteiger partial charge in [-0.3, -0.25) is 0 Å². The lowest BCUT2D eigenvalue weighted by Gasteiger charge is -2.13. The molecule has 1 aromatic carbocycles. The van der Waals surface area contributed by atoms with Crippen molar-refractivity contribution in [3.8, 4) is 5.75 Å². The molecule has 0 saturated heterocycles. The molecule has 4 nitrogen and oxygen atoms in total. The summed E-state index contributed by atoms with van der Waals surface area (Å²) in [6.45, 7) is 4.15. The minimum atomic E-state index is -0.493. The van der Waals surface area contributed by atoms with E-state index in [0.29, 0.717) is 13.2 Å². The summed E-state index contributed by atoms with van der Waals surface area (Å²) in [5.41, 5.74) is 1.24. The minimum absolute atomic E-state index is 0.280. The van der Waals surface area contributed by atoms with Gasteiger partial charge < -0.3 is 20.3 Å². The predicted molar refractivity (Wildman–Crippen MR) is 85.7 cm³/mol. The second-order valence-corrected chi connectivity index (χ2v) is 5.31. The van der Waals surface area contributed by atoms with E-state index in [2.05, 4.69) is 18.3 Å². The smallest absolute Gasteiger partial charge is 0.119 e. The lowest BCUT2D eigenvalue weighted by molar-refractivity contribution is 0.106. The molecule has 0 fully saturated rings. The third kappa shape index (κ3) is 8.71. The van der Waals surface area contributed by atoms with Crippen LogP contribution < -0.4 is 10.1 Å². The van der Waals surface area contributed by atoms with Crippen LogP contribution in [0.1, 0.15) is 38.2 Å². The van der Waals surface area contributed by atoms with Crippen LogP contribution in [-0.4, -0.2) is 42.6 Å². The SMILES string of the molecule is CCc1cccc(OCC(O)CNCCCCCCO)c1. The first-order valence-electron chi connectivity index (χ1n) is 7.97. The molecular formula is C17H29NO3. The molecule has 0 radical (unpaired) electrons. The predicted octanol–water partition coefficient (Wildman–Crippen LogP) is 2.13. The van der Waals surface area contributed by atoms with Gasteiger partial charge in [-0.1, -0.05) is 31.9 Å². The summed E-state index contributed by atoms with van der Waals surface area (Å²) in [5, 5.41) is 21.8. The number of rotatable bonds is 12. The van der Waals surface area contributed by atoms with Gasteiger partial charge in [0.15, 0.2) is 0 Å². The number of benzene rings is 1. The number of unbranched alkanes of at least 4 members (excludes halogenated alkanes) is 3. The van der Waals surface area contributed by atoms with Crippen molar-refractivity contribution in [1.29, 1.82) is 0 Å². The average Bonchev–Trinajstić information content (AvgIpc) is 2.52. The topological polar surface area (TPSA) is 61.7 Å². The van der Waals surface area contributed by atoms with Crippen molar-refractivity contribution in [3.63, 3.8) is 0 Å². The van der Waals surface area contributed by atoms with Crippen LogP contribution >= 0.6 is 0 Å². The van der Waals surface area contributed by atoms with Crippen LogP contribution in [0.15, 0.2) is 24.3 Å². The molecule has 1 aromatic rings. The number of aliphatic hydroxyl groups is 2. The maximum atomic E-state index is 9.86. The molecule has 21 heavy (non-hydrogen) atoms. The Balaban J connectivity index is 2.06. The maximum absolute atomic E-state index is 9.86. The summed E-state index contributed by atoms with van der Waals surface area (Å²) in [5.74, 6) is 0.817. The summed E-state index contributed by atoms with van der Waals surface area (Å²) in [7, 11) is 0. The number of ether oxygens (including phenoxy) is 1. The first-order valence-corrected chi connectivity index (χ1v) is 7.97. The van der Waals surface area contributed by atoms with Gasteiger partial charge in [-0.15, -0.1) is 0 Å². The van der Waals surface area contributed by atoms with Gasteiger partial charge in [0.25, 0.3) is 0 Å². The van der Waals surface area contributed by atoms with Crippen molar-refractivity contribution in [2.45, 2.75) is 45.1 Å². The fourth-order valence-electron chi connectivity index (χ4n) is 2.09. The van der Waals surface area contributed by atoms with Gasteiger partial charge in [0.05, 0.1) is 0 Å². The molecule has 0 aliphatic rings. The summed E-state index contributed by atoms with van der Waals surface area (Å²) in [4.78, 5) is 0. The highest BCUT2D eigenvalue weighted by molar-refractivity contribution is 5.28.